The van der Waals surface area contributed by atoms with Gasteiger partial charge in [0.2, 0.25) is 0 Å². The fourth-order valence-electron chi connectivity index (χ4n) is 3.66. The Kier molecular flexibility index (Phi) is 7.56. The molecular formula is C24H26N8O3. The van der Waals surface area contributed by atoms with Crippen molar-refractivity contribution in [1.82, 2.24) is 35.2 Å². The molecular weight excluding hydrogens is 448 g/mol. The first-order valence-electron chi connectivity index (χ1n) is 11.3. The van der Waals surface area contributed by atoms with Crippen LogP contribution in [0.25, 0.3) is 0 Å². The molecule has 0 radical (unpaired) electrons. The standard InChI is InChI=1S/C24H26N8O3/c1-3-4-7-21-26-14-20(31(21)15-17-8-10-19(11-9-17)23(34)35-2)22(33)32(24-27-29-30-28-24)16-18-6-5-12-25-13-18/h5-6,8-14H,3-4,7,15-16H2,1-2H3,(H,27,28,29,30). The van der Waals surface area contributed by atoms with Crippen molar-refractivity contribution in [2.75, 3.05) is 12.0 Å². The second-order valence-corrected chi connectivity index (χ2v) is 7.90. The lowest BCUT2D eigenvalue weighted by Gasteiger charge is -2.20. The molecule has 1 amide bonds. The summed E-state index contributed by atoms with van der Waals surface area (Å²) in [5, 5.41) is 14.1. The summed E-state index contributed by atoms with van der Waals surface area (Å²) in [4.78, 5) is 35.7. The number of carbonyl (C=O) groups excluding carboxylic acids is 2. The molecule has 0 fully saturated rings. The number of esters is 1. The van der Waals surface area contributed by atoms with E-state index in [0.29, 0.717) is 17.8 Å². The number of carbonyl (C=O) groups is 2. The van der Waals surface area contributed by atoms with Crippen molar-refractivity contribution in [2.45, 2.75) is 39.3 Å². The predicted octanol–water partition coefficient (Wildman–Crippen LogP) is 2.82. The summed E-state index contributed by atoms with van der Waals surface area (Å²) in [6.45, 7) is 2.74. The van der Waals surface area contributed by atoms with Crippen molar-refractivity contribution < 1.29 is 14.3 Å². The van der Waals surface area contributed by atoms with Gasteiger partial charge in [0.25, 0.3) is 11.9 Å². The fourth-order valence-corrected chi connectivity index (χ4v) is 3.66. The zero-order valence-corrected chi connectivity index (χ0v) is 19.6. The van der Waals surface area contributed by atoms with Crippen LogP contribution in [0.1, 0.15) is 57.6 Å². The highest BCUT2D eigenvalue weighted by Gasteiger charge is 2.26. The molecule has 0 saturated heterocycles. The molecule has 0 saturated carbocycles. The molecule has 0 unspecified atom stereocenters. The maximum atomic E-state index is 13.8. The highest BCUT2D eigenvalue weighted by atomic mass is 16.5. The first-order valence-corrected chi connectivity index (χ1v) is 11.3. The number of aromatic amines is 1. The van der Waals surface area contributed by atoms with Crippen molar-refractivity contribution in [2.24, 2.45) is 0 Å². The van der Waals surface area contributed by atoms with E-state index in [0.717, 1.165) is 36.2 Å². The van der Waals surface area contributed by atoms with Gasteiger partial charge in [0.15, 0.2) is 0 Å². The van der Waals surface area contributed by atoms with Crippen molar-refractivity contribution >= 4 is 17.8 Å². The molecule has 11 nitrogen and oxygen atoms in total. The number of tetrazole rings is 1. The number of amides is 1. The van der Waals surface area contributed by atoms with Crippen molar-refractivity contribution in [1.29, 1.82) is 0 Å². The second kappa shape index (κ2) is 11.1. The molecule has 0 bridgehead atoms. The third-order valence-electron chi connectivity index (χ3n) is 5.51. The van der Waals surface area contributed by atoms with Crippen LogP contribution in [0.15, 0.2) is 55.0 Å². The predicted molar refractivity (Wildman–Crippen MR) is 127 cm³/mol. The van der Waals surface area contributed by atoms with Gasteiger partial charge in [-0.15, -0.1) is 5.10 Å². The number of H-pyrrole nitrogens is 1. The molecule has 3 heterocycles. The number of hydrogen-bond acceptors (Lipinski definition) is 8. The summed E-state index contributed by atoms with van der Waals surface area (Å²) in [6.07, 6.45) is 7.62. The molecule has 3 aromatic heterocycles. The van der Waals surface area contributed by atoms with Crippen LogP contribution in [0.2, 0.25) is 0 Å². The Bertz CT molecular complexity index is 1250. The van der Waals surface area contributed by atoms with Gasteiger partial charge in [-0.3, -0.25) is 14.7 Å². The first kappa shape index (κ1) is 23.7. The monoisotopic (exact) mass is 474 g/mol. The van der Waals surface area contributed by atoms with E-state index < -0.39 is 5.97 Å². The van der Waals surface area contributed by atoms with E-state index in [1.54, 1.807) is 36.8 Å². The first-order chi connectivity index (χ1) is 17.1. The quantitative estimate of drug-likeness (QED) is 0.347. The van der Waals surface area contributed by atoms with E-state index in [2.05, 4.69) is 37.5 Å². The maximum Gasteiger partial charge on any atom is 0.337 e. The zero-order chi connectivity index (χ0) is 24.6. The lowest BCUT2D eigenvalue weighted by atomic mass is 10.1. The SMILES string of the molecule is CCCCc1ncc(C(=O)N(Cc2cccnc2)c2nn[nH]n2)n1Cc1ccc(C(=O)OC)cc1. The summed E-state index contributed by atoms with van der Waals surface area (Å²) >= 11 is 0. The minimum Gasteiger partial charge on any atom is -0.465 e. The van der Waals surface area contributed by atoms with E-state index in [4.69, 9.17) is 4.74 Å². The molecule has 0 spiro atoms. The van der Waals surface area contributed by atoms with Gasteiger partial charge in [-0.05, 0) is 41.0 Å². The number of aromatic nitrogens is 7. The highest BCUT2D eigenvalue weighted by molar-refractivity contribution is 6.03. The number of nitrogens with zero attached hydrogens (tertiary/aromatic N) is 7. The minimum atomic E-state index is -0.398. The number of nitrogens with one attached hydrogen (secondary N) is 1. The van der Waals surface area contributed by atoms with E-state index in [-0.39, 0.29) is 18.4 Å². The van der Waals surface area contributed by atoms with Crippen molar-refractivity contribution in [3.8, 4) is 0 Å². The fraction of sp³-hybridized carbons (Fsp3) is 0.292. The maximum absolute atomic E-state index is 13.8. The zero-order valence-electron chi connectivity index (χ0n) is 19.6. The third-order valence-corrected chi connectivity index (χ3v) is 5.51. The summed E-state index contributed by atoms with van der Waals surface area (Å²) in [5.74, 6) is 0.257. The van der Waals surface area contributed by atoms with Crippen LogP contribution in [-0.4, -0.2) is 54.1 Å². The molecule has 0 aliphatic carbocycles. The topological polar surface area (TPSA) is 132 Å². The number of methoxy groups -OCH3 is 1. The number of ether oxygens (including phenoxy) is 1. The van der Waals surface area contributed by atoms with Crippen LogP contribution in [0.5, 0.6) is 0 Å². The van der Waals surface area contributed by atoms with Gasteiger partial charge in [0, 0.05) is 25.4 Å². The number of anilines is 1. The Balaban J connectivity index is 1.67. The van der Waals surface area contributed by atoms with Gasteiger partial charge in [-0.25, -0.2) is 9.78 Å². The average Bonchev–Trinajstić information content (AvgIpc) is 3.57. The number of hydrogen-bond donors (Lipinski definition) is 1. The number of imidazole rings is 1. The van der Waals surface area contributed by atoms with E-state index >= 15 is 0 Å². The Morgan fingerprint density at radius 3 is 2.60 bits per heavy atom. The molecule has 1 N–H and O–H groups in total. The molecule has 4 aromatic rings. The van der Waals surface area contributed by atoms with Crippen LogP contribution >= 0.6 is 0 Å². The number of benzene rings is 1. The Labute approximate surface area is 202 Å². The number of unbranched alkanes of at least 4 members (excludes halogenated alkanes) is 1. The van der Waals surface area contributed by atoms with Crippen LogP contribution in [-0.2, 0) is 24.2 Å². The normalized spacial score (nSPS) is 10.8. The molecule has 0 aliphatic rings. The number of aryl methyl sites for hydroxylation is 1. The van der Waals surface area contributed by atoms with Gasteiger partial charge >= 0.3 is 5.97 Å². The average molecular weight is 475 g/mol. The van der Waals surface area contributed by atoms with Crippen LogP contribution in [0.4, 0.5) is 5.95 Å². The Morgan fingerprint density at radius 2 is 1.94 bits per heavy atom. The molecule has 1 aromatic carbocycles. The largest absolute Gasteiger partial charge is 0.465 e. The third kappa shape index (κ3) is 5.57. The van der Waals surface area contributed by atoms with Crippen molar-refractivity contribution in [3.05, 3.63) is 83.2 Å². The van der Waals surface area contributed by atoms with Gasteiger partial charge in [0.05, 0.1) is 25.4 Å². The smallest absolute Gasteiger partial charge is 0.337 e. The number of rotatable bonds is 10. The summed E-state index contributed by atoms with van der Waals surface area (Å²) in [7, 11) is 1.35. The van der Waals surface area contributed by atoms with Gasteiger partial charge in [0.1, 0.15) is 11.5 Å². The highest BCUT2D eigenvalue weighted by Crippen LogP contribution is 2.19. The van der Waals surface area contributed by atoms with Gasteiger partial charge < -0.3 is 9.30 Å². The molecule has 180 valence electrons. The summed E-state index contributed by atoms with van der Waals surface area (Å²) in [5.41, 5.74) is 2.60. The lowest BCUT2D eigenvalue weighted by molar-refractivity contribution is 0.0600. The molecule has 0 aliphatic heterocycles. The van der Waals surface area contributed by atoms with Crippen LogP contribution in [0.3, 0.4) is 0 Å². The van der Waals surface area contributed by atoms with Crippen LogP contribution < -0.4 is 4.90 Å². The molecule has 35 heavy (non-hydrogen) atoms. The molecule has 0 atom stereocenters. The minimum absolute atomic E-state index is 0.157. The molecule has 4 rings (SSSR count). The molecule has 11 heteroatoms. The Hall–Kier alpha value is -4.41. The van der Waals surface area contributed by atoms with Crippen molar-refractivity contribution in [3.63, 3.8) is 0 Å². The second-order valence-electron chi connectivity index (χ2n) is 7.90. The summed E-state index contributed by atoms with van der Waals surface area (Å²) < 4.78 is 6.68. The Morgan fingerprint density at radius 1 is 1.11 bits per heavy atom. The number of pyridine rings is 1. The van der Waals surface area contributed by atoms with E-state index in [9.17, 15) is 9.59 Å². The van der Waals surface area contributed by atoms with Gasteiger partial charge in [-0.2, -0.15) is 5.21 Å². The van der Waals surface area contributed by atoms with E-state index in [1.807, 2.05) is 22.8 Å². The summed E-state index contributed by atoms with van der Waals surface area (Å²) in [6, 6.07) is 10.8. The van der Waals surface area contributed by atoms with Crippen LogP contribution in [0, 0.1) is 0 Å². The van der Waals surface area contributed by atoms with Gasteiger partial charge in [-0.1, -0.05) is 36.6 Å². The van der Waals surface area contributed by atoms with E-state index in [1.165, 1.54) is 12.0 Å². The lowest BCUT2D eigenvalue weighted by Crippen LogP contribution is -2.33.